The van der Waals surface area contributed by atoms with Crippen LogP contribution in [0.3, 0.4) is 0 Å². The molecule has 0 radical (unpaired) electrons. The van der Waals surface area contributed by atoms with Gasteiger partial charge in [0.25, 0.3) is 0 Å². The highest BCUT2D eigenvalue weighted by Crippen LogP contribution is 2.08. The van der Waals surface area contributed by atoms with Crippen LogP contribution in [0.5, 0.6) is 0 Å². The Labute approximate surface area is 70.6 Å². The number of hydrogen-bond acceptors (Lipinski definition) is 1. The molecule has 0 bridgehead atoms. The van der Waals surface area contributed by atoms with Crippen LogP contribution < -0.4 is 0 Å². The van der Waals surface area contributed by atoms with E-state index < -0.39 is 0 Å². The Balaban J connectivity index is 3.35. The number of halogens is 2. The first kappa shape index (κ1) is 7.93. The van der Waals surface area contributed by atoms with Crippen LogP contribution in [0.4, 0.5) is 0 Å². The molecule has 0 aliphatic rings. The topological polar surface area (TPSA) is 20.3 Å². The maximum absolute atomic E-state index is 10.4. The van der Waals surface area contributed by atoms with Crippen molar-refractivity contribution < 1.29 is 4.79 Å². The van der Waals surface area contributed by atoms with Crippen molar-refractivity contribution in [1.82, 2.24) is 1.33 Å². The molecule has 0 aliphatic carbocycles. The highest BCUT2D eigenvalue weighted by molar-refractivity contribution is 14.2. The smallest absolute Gasteiger partial charge is 0.239 e. The minimum absolute atomic E-state index is 0.154. The predicted molar refractivity (Wildman–Crippen MR) is 45.2 cm³/mol. The fraction of sp³-hybridized carbons (Fsp3) is 0.667. The fourth-order valence-corrected chi connectivity index (χ4v) is 0.802. The minimum Gasteiger partial charge on any atom is -0.273 e. The first-order valence-corrected chi connectivity index (χ1v) is 3.76. The Morgan fingerprint density at radius 3 is 2.14 bits per heavy atom. The molecule has 0 saturated carbocycles. The van der Waals surface area contributed by atoms with Crippen LogP contribution in [0.15, 0.2) is 0 Å². The van der Waals surface area contributed by atoms with E-state index in [-0.39, 0.29) is 5.91 Å². The van der Waals surface area contributed by atoms with Crippen molar-refractivity contribution in [2.45, 2.75) is 13.3 Å². The quantitative estimate of drug-likeness (QED) is 0.533. The van der Waals surface area contributed by atoms with Crippen LogP contribution in [0.1, 0.15) is 13.3 Å². The molecular weight excluding hydrogens is 320 g/mol. The Bertz CT molecular complexity index is 73.3. The molecule has 0 saturated heterocycles. The Kier molecular flexibility index (Phi) is 4.39. The first-order valence-electron chi connectivity index (χ1n) is 1.83. The van der Waals surface area contributed by atoms with E-state index in [1.54, 1.807) is 0 Å². The predicted octanol–water partition coefficient (Wildman–Crippen LogP) is 1.93. The van der Waals surface area contributed by atoms with E-state index in [4.69, 9.17) is 0 Å². The van der Waals surface area contributed by atoms with E-state index in [2.05, 4.69) is 0 Å². The average Bonchev–Trinajstić information content (AvgIpc) is 1.65. The van der Waals surface area contributed by atoms with Crippen LogP contribution in [-0.4, -0.2) is 7.23 Å². The zero-order valence-corrected chi connectivity index (χ0v) is 8.13. The van der Waals surface area contributed by atoms with E-state index in [9.17, 15) is 4.79 Å². The van der Waals surface area contributed by atoms with Gasteiger partial charge in [-0.3, -0.25) is 4.79 Å². The van der Waals surface area contributed by atoms with Gasteiger partial charge in [-0.15, -0.1) is 0 Å². The van der Waals surface area contributed by atoms with Crippen molar-refractivity contribution in [1.29, 1.82) is 0 Å². The molecule has 0 rings (SSSR count). The molecule has 42 valence electrons. The summed E-state index contributed by atoms with van der Waals surface area (Å²) in [4.78, 5) is 10.4. The Morgan fingerprint density at radius 1 is 1.71 bits per heavy atom. The van der Waals surface area contributed by atoms with E-state index in [1.807, 2.05) is 52.7 Å². The van der Waals surface area contributed by atoms with Gasteiger partial charge in [0.15, 0.2) is 0 Å². The van der Waals surface area contributed by atoms with E-state index in [0.717, 1.165) is 0 Å². The minimum atomic E-state index is 0.154. The molecular formula is C3H5I2NO. The summed E-state index contributed by atoms with van der Waals surface area (Å²) in [5.41, 5.74) is 0. The maximum Gasteiger partial charge on any atom is 0.239 e. The Hall–Kier alpha value is 0.930. The van der Waals surface area contributed by atoms with Crippen LogP contribution in [0.25, 0.3) is 0 Å². The van der Waals surface area contributed by atoms with Crippen molar-refractivity contribution >= 4 is 51.6 Å². The lowest BCUT2D eigenvalue weighted by molar-refractivity contribution is -0.121. The first-order chi connectivity index (χ1) is 3.18. The van der Waals surface area contributed by atoms with Gasteiger partial charge >= 0.3 is 0 Å². The van der Waals surface area contributed by atoms with Gasteiger partial charge in [0, 0.05) is 6.42 Å². The molecule has 0 N–H and O–H groups in total. The summed E-state index contributed by atoms with van der Waals surface area (Å²) in [5.74, 6) is 0.154. The van der Waals surface area contributed by atoms with Crippen LogP contribution in [0, 0.1) is 0 Å². The largest absolute Gasteiger partial charge is 0.273 e. The summed E-state index contributed by atoms with van der Waals surface area (Å²) >= 11 is 3.88. The third-order valence-electron chi connectivity index (χ3n) is 0.491. The molecule has 0 atom stereocenters. The van der Waals surface area contributed by atoms with Gasteiger partial charge in [-0.25, -0.2) is 1.33 Å². The van der Waals surface area contributed by atoms with Gasteiger partial charge in [0.2, 0.25) is 5.91 Å². The second-order valence-electron chi connectivity index (χ2n) is 0.980. The molecule has 0 aromatic heterocycles. The molecule has 0 aliphatic heterocycles. The number of rotatable bonds is 1. The maximum atomic E-state index is 10.4. The van der Waals surface area contributed by atoms with Crippen LogP contribution in [-0.2, 0) is 4.79 Å². The zero-order valence-electron chi connectivity index (χ0n) is 3.82. The third-order valence-corrected chi connectivity index (χ3v) is 1.57. The zero-order chi connectivity index (χ0) is 5.86. The Morgan fingerprint density at radius 2 is 2.14 bits per heavy atom. The van der Waals surface area contributed by atoms with Gasteiger partial charge in [-0.1, -0.05) is 6.92 Å². The molecule has 2 nitrogen and oxygen atoms in total. The van der Waals surface area contributed by atoms with Crippen LogP contribution >= 0.6 is 45.7 Å². The summed E-state index contributed by atoms with van der Waals surface area (Å²) in [6, 6.07) is 0. The van der Waals surface area contributed by atoms with Crippen molar-refractivity contribution in [2.24, 2.45) is 0 Å². The summed E-state index contributed by atoms with van der Waals surface area (Å²) in [7, 11) is 0. The van der Waals surface area contributed by atoms with E-state index >= 15 is 0 Å². The van der Waals surface area contributed by atoms with E-state index in [1.165, 1.54) is 1.33 Å². The highest BCUT2D eigenvalue weighted by atomic mass is 127. The normalized spacial score (nSPS) is 8.43. The number of hydrogen-bond donors (Lipinski definition) is 0. The lowest BCUT2D eigenvalue weighted by Gasteiger charge is -1.98. The van der Waals surface area contributed by atoms with Crippen molar-refractivity contribution in [2.75, 3.05) is 0 Å². The van der Waals surface area contributed by atoms with Crippen LogP contribution in [0.2, 0.25) is 0 Å². The third kappa shape index (κ3) is 3.51. The van der Waals surface area contributed by atoms with Gasteiger partial charge < -0.3 is 0 Å². The van der Waals surface area contributed by atoms with Crippen molar-refractivity contribution in [3.63, 3.8) is 0 Å². The second kappa shape index (κ2) is 3.88. The van der Waals surface area contributed by atoms with Crippen molar-refractivity contribution in [3.05, 3.63) is 0 Å². The number of amides is 1. The molecule has 1 amide bonds. The SMILES string of the molecule is CCC(=O)N(I)I. The van der Waals surface area contributed by atoms with Crippen molar-refractivity contribution in [3.8, 4) is 0 Å². The summed E-state index contributed by atoms with van der Waals surface area (Å²) < 4.78 is 1.52. The van der Waals surface area contributed by atoms with Gasteiger partial charge in [0.1, 0.15) is 0 Å². The fourth-order valence-electron chi connectivity index (χ4n) is 0.120. The molecule has 0 aromatic carbocycles. The number of carbonyl (C=O) groups excluding carboxylic acids is 1. The summed E-state index contributed by atoms with van der Waals surface area (Å²) in [6.07, 6.45) is 0.589. The highest BCUT2D eigenvalue weighted by Gasteiger charge is 1.99. The standard InChI is InChI=1S/C3H5I2NO/c1-2-3(7)6(4)5/h2H2,1H3. The molecule has 4 heteroatoms. The lowest BCUT2D eigenvalue weighted by Crippen LogP contribution is -2.06. The van der Waals surface area contributed by atoms with Gasteiger partial charge in [-0.2, -0.15) is 0 Å². The molecule has 0 heterocycles. The van der Waals surface area contributed by atoms with E-state index in [0.29, 0.717) is 6.42 Å². The molecule has 0 spiro atoms. The molecule has 7 heavy (non-hydrogen) atoms. The van der Waals surface area contributed by atoms with Gasteiger partial charge in [-0.05, 0) is 0 Å². The number of nitrogens with zero attached hydrogens (tertiary/aromatic N) is 1. The molecule has 0 aromatic rings. The lowest BCUT2D eigenvalue weighted by atomic mass is 10.5. The summed E-state index contributed by atoms with van der Waals surface area (Å²) in [6.45, 7) is 1.84. The molecule has 0 unspecified atom stereocenters. The average molecular weight is 325 g/mol. The number of carbonyl (C=O) groups is 1. The second-order valence-corrected chi connectivity index (χ2v) is 4.76. The van der Waals surface area contributed by atoms with Gasteiger partial charge in [0.05, 0.1) is 45.7 Å². The monoisotopic (exact) mass is 325 g/mol. The molecule has 0 fully saturated rings. The summed E-state index contributed by atoms with van der Waals surface area (Å²) in [5, 5.41) is 0.